The van der Waals surface area contributed by atoms with Crippen LogP contribution in [0.5, 0.6) is 11.5 Å². The topological polar surface area (TPSA) is 137 Å². The summed E-state index contributed by atoms with van der Waals surface area (Å²) in [6.07, 6.45) is 2.20. The van der Waals surface area contributed by atoms with Crippen LogP contribution < -0.4 is 118 Å². The van der Waals surface area contributed by atoms with E-state index in [1.807, 2.05) is 155 Å². The second-order valence-corrected chi connectivity index (χ2v) is 13.1. The van der Waals surface area contributed by atoms with Gasteiger partial charge in [-0.25, -0.2) is 22.8 Å². The van der Waals surface area contributed by atoms with E-state index in [1.165, 1.54) is 0 Å². The fraction of sp³-hybridized carbons (Fsp3) is 0.152. The van der Waals surface area contributed by atoms with Crippen LogP contribution in [0.1, 0.15) is 37.8 Å². The first kappa shape index (κ1) is 55.4. The molecule has 13 nitrogen and oxygen atoms in total. The normalized spacial score (nSPS) is 11.4. The van der Waals surface area contributed by atoms with Crippen molar-refractivity contribution < 1.29 is 161 Å². The van der Waals surface area contributed by atoms with E-state index in [9.17, 15) is 22.8 Å². The molecule has 0 fully saturated rings. The van der Waals surface area contributed by atoms with Gasteiger partial charge in [-0.2, -0.15) is 0 Å². The molecule has 330 valence electrons. The number of amides is 2. The second-order valence-electron chi connectivity index (χ2n) is 12.7. The number of para-hydroxylation sites is 4. The van der Waals surface area contributed by atoms with Crippen molar-refractivity contribution in [3.8, 4) is 22.9 Å². The Morgan fingerprint density at radius 2 is 0.969 bits per heavy atom. The Labute approximate surface area is 468 Å². The Morgan fingerprint density at radius 1 is 0.631 bits per heavy atom. The maximum absolute atomic E-state index is 13.2. The number of ether oxygens (including phenoxy) is 4. The summed E-state index contributed by atoms with van der Waals surface area (Å²) in [6, 6.07) is 41.3. The molecule has 2 aliphatic heterocycles. The van der Waals surface area contributed by atoms with Crippen molar-refractivity contribution in [1.29, 1.82) is 0 Å². The van der Waals surface area contributed by atoms with E-state index in [0.717, 1.165) is 32.3 Å². The minimum absolute atomic E-state index is 0. The molecule has 0 bridgehead atoms. The fourth-order valence-corrected chi connectivity index (χ4v) is 6.17. The van der Waals surface area contributed by atoms with Crippen molar-refractivity contribution >= 4 is 57.6 Å². The van der Waals surface area contributed by atoms with E-state index in [1.54, 1.807) is 13.8 Å². The van der Waals surface area contributed by atoms with Crippen molar-refractivity contribution in [2.24, 2.45) is 0 Å². The standard InChI is InChI=1S/2C22H19FN2O3.CH2BrF.CH2O3.2K.H/c2*1-2-24(15-23)22(26)28-21-18-12-8-14-25(18)17-11-6-7-13-19(17)27-20(21)16-9-4-3-5-10-16;2-1-3;2-1-4-3;;;/h2*3-14H,2,15H2,1H3;1H2;1,3H;;;/q;;;;2*+1;-1/p-1/i2*23-1;3-1;;;;. The van der Waals surface area contributed by atoms with E-state index < -0.39 is 31.4 Å². The number of rotatable bonds is 9. The summed E-state index contributed by atoms with van der Waals surface area (Å²) in [5.74, 6) is 2.53. The monoisotopic (exact) mass is 1010 g/mol. The Kier molecular flexibility index (Phi) is 24.6. The molecule has 19 heteroatoms. The number of carbonyl (C=O) groups excluding carboxylic acids is 3. The number of nitrogens with zero attached hydrogens (tertiary/aromatic N) is 4. The Morgan fingerprint density at radius 3 is 1.29 bits per heavy atom. The minimum Gasteiger partial charge on any atom is -1.00 e. The van der Waals surface area contributed by atoms with E-state index >= 15 is 0 Å². The number of aromatic nitrogens is 2. The molecule has 8 rings (SSSR count). The van der Waals surface area contributed by atoms with Gasteiger partial charge in [-0.1, -0.05) is 101 Å². The van der Waals surface area contributed by atoms with Crippen LogP contribution >= 0.6 is 15.9 Å². The zero-order chi connectivity index (χ0) is 45.1. The van der Waals surface area contributed by atoms with Gasteiger partial charge in [0.05, 0.1) is 22.8 Å². The maximum atomic E-state index is 13.2. The number of hydrogen-bond donors (Lipinski definition) is 0. The van der Waals surface area contributed by atoms with Crippen LogP contribution in [0.25, 0.3) is 34.4 Å². The molecular formula is C46H42BrF3K2N4O9. The third-order valence-corrected chi connectivity index (χ3v) is 9.11. The Bertz CT molecular complexity index is 2340. The van der Waals surface area contributed by atoms with Gasteiger partial charge in [0.2, 0.25) is 0 Å². The van der Waals surface area contributed by atoms with Gasteiger partial charge in [0, 0.05) is 36.6 Å². The zero-order valence-electron chi connectivity index (χ0n) is 36.9. The van der Waals surface area contributed by atoms with Gasteiger partial charge in [0.15, 0.2) is 48.1 Å². The van der Waals surface area contributed by atoms with Crippen LogP contribution in [0.4, 0.5) is 22.8 Å². The molecule has 0 radical (unpaired) electrons. The first-order valence-electron chi connectivity index (χ1n) is 19.2. The van der Waals surface area contributed by atoms with Crippen molar-refractivity contribution in [3.05, 3.63) is 168 Å². The molecule has 6 aromatic rings. The molecule has 2 aliphatic rings. The molecule has 0 unspecified atom stereocenters. The molecule has 65 heavy (non-hydrogen) atoms. The van der Waals surface area contributed by atoms with Crippen molar-refractivity contribution in [1.82, 2.24) is 18.9 Å². The number of hydrogen-bond acceptors (Lipinski definition) is 9. The number of carbonyl (C=O) groups is 3. The summed E-state index contributed by atoms with van der Waals surface area (Å²) in [6.45, 7) is 1.75. The molecule has 4 aromatic carbocycles. The van der Waals surface area contributed by atoms with Crippen LogP contribution in [0, 0.1) is 0 Å². The molecule has 0 spiro atoms. The van der Waals surface area contributed by atoms with Gasteiger partial charge >= 0.3 is 115 Å². The molecule has 0 aliphatic carbocycles. The van der Waals surface area contributed by atoms with Gasteiger partial charge in [0.25, 0.3) is 6.47 Å². The molecular weight excluding hydrogens is 965 g/mol. The summed E-state index contributed by atoms with van der Waals surface area (Å²) in [4.78, 5) is 38.3. The minimum atomic E-state index is -0.925. The Balaban J connectivity index is 0.000000382. The van der Waals surface area contributed by atoms with E-state index in [2.05, 4.69) is 20.8 Å². The summed E-state index contributed by atoms with van der Waals surface area (Å²) < 4.78 is 64.1. The number of halogens is 4. The average Bonchev–Trinajstić information content (AvgIpc) is 3.97. The van der Waals surface area contributed by atoms with E-state index in [-0.39, 0.29) is 135 Å². The van der Waals surface area contributed by atoms with Crippen molar-refractivity contribution in [2.45, 2.75) is 13.8 Å². The van der Waals surface area contributed by atoms with Gasteiger partial charge in [-0.15, -0.1) is 0 Å². The molecule has 0 saturated carbocycles. The third kappa shape index (κ3) is 14.3. The third-order valence-electron chi connectivity index (χ3n) is 9.11. The summed E-state index contributed by atoms with van der Waals surface area (Å²) in [7, 11) is 0. The first-order chi connectivity index (χ1) is 30.8. The van der Waals surface area contributed by atoms with Gasteiger partial charge in [-0.3, -0.25) is 14.6 Å². The van der Waals surface area contributed by atoms with Gasteiger partial charge in [-0.05, 0) is 62.4 Å². The van der Waals surface area contributed by atoms with Crippen LogP contribution in [0.2, 0.25) is 0 Å². The van der Waals surface area contributed by atoms with Crippen LogP contribution in [-0.2, 0) is 19.2 Å². The van der Waals surface area contributed by atoms with Gasteiger partial charge < -0.3 is 39.7 Å². The molecule has 0 N–H and O–H groups in total. The van der Waals surface area contributed by atoms with Crippen LogP contribution in [-0.4, -0.2) is 69.9 Å². The van der Waals surface area contributed by atoms with Crippen molar-refractivity contribution in [2.75, 3.05) is 32.3 Å². The Hall–Kier alpha value is -3.97. The molecule has 0 atom stereocenters. The summed E-state index contributed by atoms with van der Waals surface area (Å²) >= 11 is 2.48. The number of alkyl halides is 4. The summed E-state index contributed by atoms with van der Waals surface area (Å²) in [5.41, 5.74) is 3.99. The number of fused-ring (bicyclic) bond motifs is 6. The van der Waals surface area contributed by atoms with E-state index in [4.69, 9.17) is 29.0 Å². The molecule has 4 heterocycles. The van der Waals surface area contributed by atoms with Crippen LogP contribution in [0.3, 0.4) is 0 Å². The predicted octanol–water partition coefficient (Wildman–Crippen LogP) is 4.03. The predicted molar refractivity (Wildman–Crippen MR) is 232 cm³/mol. The maximum Gasteiger partial charge on any atom is 1.00 e. The molecule has 2 amide bonds. The smallest absolute Gasteiger partial charge is 1.00 e. The average molecular weight is 1010 g/mol. The second kappa shape index (κ2) is 28.9. The SMILES string of the molecule is CCN(C[18F])C(=O)OC1=C(c2ccccc2)Oc2ccccc2-n2cccc21.CCN(C[18F])C(=O)OC1=C(c2ccccc2)Oc2ccccc2-n2cccc21.O=CO[O-].[18F]CBr.[H-].[K+].[K+]. The fourth-order valence-electron chi connectivity index (χ4n) is 6.17. The first-order valence-corrected chi connectivity index (χ1v) is 20.3. The largest absolute Gasteiger partial charge is 1.00 e. The van der Waals surface area contributed by atoms with E-state index in [0.29, 0.717) is 34.4 Å². The van der Waals surface area contributed by atoms with Crippen molar-refractivity contribution in [3.63, 3.8) is 0 Å². The number of benzene rings is 4. The quantitative estimate of drug-likeness (QED) is 0.0526. The molecule has 2 aromatic heterocycles. The zero-order valence-corrected chi connectivity index (χ0v) is 43.8. The van der Waals surface area contributed by atoms with Crippen LogP contribution in [0.15, 0.2) is 146 Å². The van der Waals surface area contributed by atoms with Gasteiger partial charge in [0.1, 0.15) is 5.58 Å². The molecule has 0 saturated heterocycles. The summed E-state index contributed by atoms with van der Waals surface area (Å²) in [5, 5.41) is 8.43.